The minimum Gasteiger partial charge on any atom is -0.326 e. The minimum absolute atomic E-state index is 0. The van der Waals surface area contributed by atoms with Gasteiger partial charge in [0.15, 0.2) is 0 Å². The second-order valence-electron chi connectivity index (χ2n) is 6.98. The Hall–Kier alpha value is -1.69. The SMILES string of the molecule is C[C@H]1C[C@@H](C(=O)Nc2cccc(CS(=O)Cc3ccccc3)c2)CCN1.Cl. The highest BCUT2D eigenvalue weighted by Gasteiger charge is 2.24. The van der Waals surface area contributed by atoms with Gasteiger partial charge in [0.1, 0.15) is 0 Å². The largest absolute Gasteiger partial charge is 0.326 e. The fourth-order valence-electron chi connectivity index (χ4n) is 3.35. The molecule has 0 spiro atoms. The number of carbonyl (C=O) groups is 1. The van der Waals surface area contributed by atoms with E-state index in [-0.39, 0.29) is 24.2 Å². The van der Waals surface area contributed by atoms with Crippen molar-refractivity contribution in [1.29, 1.82) is 0 Å². The van der Waals surface area contributed by atoms with Gasteiger partial charge in [-0.1, -0.05) is 42.5 Å². The fraction of sp³-hybridized carbons (Fsp3) is 0.381. The van der Waals surface area contributed by atoms with Crippen LogP contribution in [0.25, 0.3) is 0 Å². The summed E-state index contributed by atoms with van der Waals surface area (Å²) < 4.78 is 12.4. The van der Waals surface area contributed by atoms with E-state index in [1.807, 2.05) is 54.6 Å². The average molecular weight is 407 g/mol. The Morgan fingerprint density at radius 2 is 1.81 bits per heavy atom. The van der Waals surface area contributed by atoms with E-state index in [1.54, 1.807) is 0 Å². The first-order valence-electron chi connectivity index (χ1n) is 9.12. The van der Waals surface area contributed by atoms with Gasteiger partial charge in [-0.3, -0.25) is 9.00 Å². The Labute approximate surface area is 170 Å². The van der Waals surface area contributed by atoms with Gasteiger partial charge in [-0.2, -0.15) is 0 Å². The summed E-state index contributed by atoms with van der Waals surface area (Å²) in [7, 11) is -0.973. The van der Waals surface area contributed by atoms with Gasteiger partial charge in [-0.15, -0.1) is 12.4 Å². The van der Waals surface area contributed by atoms with E-state index in [9.17, 15) is 9.00 Å². The lowest BCUT2D eigenvalue weighted by Crippen LogP contribution is -2.40. The number of nitrogens with one attached hydrogen (secondary N) is 2. The van der Waals surface area contributed by atoms with Crippen molar-refractivity contribution in [3.63, 3.8) is 0 Å². The number of amides is 1. The third kappa shape index (κ3) is 6.76. The van der Waals surface area contributed by atoms with Crippen LogP contribution in [0, 0.1) is 5.92 Å². The van der Waals surface area contributed by atoms with Gasteiger partial charge in [0.2, 0.25) is 5.91 Å². The molecule has 1 heterocycles. The molecule has 0 saturated carbocycles. The lowest BCUT2D eigenvalue weighted by atomic mass is 9.92. The maximum atomic E-state index is 12.5. The first-order valence-corrected chi connectivity index (χ1v) is 10.6. The second-order valence-corrected chi connectivity index (χ2v) is 8.44. The molecule has 0 aliphatic carbocycles. The minimum atomic E-state index is -0.973. The molecular formula is C21H27ClN2O2S. The van der Waals surface area contributed by atoms with Crippen molar-refractivity contribution in [3.05, 3.63) is 65.7 Å². The summed E-state index contributed by atoms with van der Waals surface area (Å²) >= 11 is 0. The van der Waals surface area contributed by atoms with E-state index in [0.717, 1.165) is 36.2 Å². The summed E-state index contributed by atoms with van der Waals surface area (Å²) in [6, 6.07) is 18.0. The van der Waals surface area contributed by atoms with Gasteiger partial charge >= 0.3 is 0 Å². The zero-order valence-electron chi connectivity index (χ0n) is 15.5. The van der Waals surface area contributed by atoms with Crippen molar-refractivity contribution in [2.24, 2.45) is 5.92 Å². The Balaban J connectivity index is 0.00000261. The van der Waals surface area contributed by atoms with Crippen molar-refractivity contribution in [2.45, 2.75) is 37.3 Å². The Kier molecular flexibility index (Phi) is 8.48. The standard InChI is InChI=1S/C21H26N2O2S.ClH/c1-16-12-19(10-11-22-16)21(24)23-20-9-5-8-18(13-20)15-26(25)14-17-6-3-2-4-7-17;/h2-9,13,16,19,22H,10-12,14-15H2,1H3,(H,23,24);1H/t16-,19-,26?;/m0./s1. The van der Waals surface area contributed by atoms with Crippen molar-refractivity contribution in [3.8, 4) is 0 Å². The van der Waals surface area contributed by atoms with Crippen LogP contribution in [-0.4, -0.2) is 22.7 Å². The molecule has 2 N–H and O–H groups in total. The van der Waals surface area contributed by atoms with Gasteiger partial charge in [0.25, 0.3) is 0 Å². The molecule has 3 atom stereocenters. The van der Waals surface area contributed by atoms with Crippen molar-refractivity contribution in [1.82, 2.24) is 5.32 Å². The number of benzene rings is 2. The van der Waals surface area contributed by atoms with Crippen LogP contribution >= 0.6 is 12.4 Å². The normalized spacial score (nSPS) is 20.3. The molecule has 0 bridgehead atoms. The summed E-state index contributed by atoms with van der Waals surface area (Å²) in [6.07, 6.45) is 1.74. The van der Waals surface area contributed by atoms with E-state index in [0.29, 0.717) is 17.5 Å². The first-order chi connectivity index (χ1) is 12.6. The number of piperidine rings is 1. The van der Waals surface area contributed by atoms with Gasteiger partial charge < -0.3 is 10.6 Å². The molecule has 1 saturated heterocycles. The predicted octanol–water partition coefficient (Wildman–Crippen LogP) is 3.88. The Morgan fingerprint density at radius 3 is 2.56 bits per heavy atom. The third-order valence-electron chi connectivity index (χ3n) is 4.69. The summed E-state index contributed by atoms with van der Waals surface area (Å²) in [6.45, 7) is 3.00. The van der Waals surface area contributed by atoms with Crippen LogP contribution in [0.3, 0.4) is 0 Å². The van der Waals surface area contributed by atoms with Gasteiger partial charge in [-0.25, -0.2) is 0 Å². The molecule has 2 aromatic rings. The Bertz CT molecular complexity index is 770. The van der Waals surface area contributed by atoms with Gasteiger partial charge in [0.05, 0.1) is 0 Å². The molecule has 6 heteroatoms. The summed E-state index contributed by atoms with van der Waals surface area (Å²) in [5.41, 5.74) is 2.85. The predicted molar refractivity (Wildman–Crippen MR) is 115 cm³/mol. The quantitative estimate of drug-likeness (QED) is 0.765. The Morgan fingerprint density at radius 1 is 1.11 bits per heavy atom. The van der Waals surface area contributed by atoms with Crippen molar-refractivity contribution >= 4 is 34.8 Å². The zero-order chi connectivity index (χ0) is 18.4. The molecule has 0 aromatic heterocycles. The summed E-state index contributed by atoms with van der Waals surface area (Å²) in [5, 5.41) is 6.40. The van der Waals surface area contributed by atoms with E-state index < -0.39 is 10.8 Å². The number of hydrogen-bond donors (Lipinski definition) is 2. The van der Waals surface area contributed by atoms with Crippen LogP contribution in [-0.2, 0) is 27.1 Å². The third-order valence-corrected chi connectivity index (χ3v) is 6.00. The lowest BCUT2D eigenvalue weighted by molar-refractivity contribution is -0.120. The molecule has 1 unspecified atom stereocenters. The average Bonchev–Trinajstić information content (AvgIpc) is 2.62. The second kappa shape index (κ2) is 10.6. The van der Waals surface area contributed by atoms with Crippen LogP contribution in [0.2, 0.25) is 0 Å². The smallest absolute Gasteiger partial charge is 0.227 e. The number of anilines is 1. The molecule has 2 aromatic carbocycles. The van der Waals surface area contributed by atoms with Crippen LogP contribution in [0.5, 0.6) is 0 Å². The van der Waals surface area contributed by atoms with Gasteiger partial charge in [0, 0.05) is 40.0 Å². The molecule has 1 aliphatic heterocycles. The van der Waals surface area contributed by atoms with E-state index in [1.165, 1.54) is 0 Å². The van der Waals surface area contributed by atoms with E-state index in [4.69, 9.17) is 0 Å². The highest BCUT2D eigenvalue weighted by Crippen LogP contribution is 2.20. The number of hydrogen-bond acceptors (Lipinski definition) is 3. The first kappa shape index (κ1) is 21.6. The number of rotatable bonds is 6. The highest BCUT2D eigenvalue weighted by atomic mass is 35.5. The zero-order valence-corrected chi connectivity index (χ0v) is 17.2. The van der Waals surface area contributed by atoms with Crippen LogP contribution in [0.15, 0.2) is 54.6 Å². The maximum Gasteiger partial charge on any atom is 0.227 e. The van der Waals surface area contributed by atoms with Crippen molar-refractivity contribution in [2.75, 3.05) is 11.9 Å². The molecule has 27 heavy (non-hydrogen) atoms. The number of halogens is 1. The highest BCUT2D eigenvalue weighted by molar-refractivity contribution is 7.83. The summed E-state index contributed by atoms with van der Waals surface area (Å²) in [4.78, 5) is 12.5. The topological polar surface area (TPSA) is 58.2 Å². The van der Waals surface area contributed by atoms with Crippen LogP contribution < -0.4 is 10.6 Å². The molecule has 3 rings (SSSR count). The van der Waals surface area contributed by atoms with Crippen LogP contribution in [0.1, 0.15) is 30.9 Å². The van der Waals surface area contributed by atoms with E-state index in [2.05, 4.69) is 17.6 Å². The van der Waals surface area contributed by atoms with Crippen LogP contribution in [0.4, 0.5) is 5.69 Å². The molecule has 4 nitrogen and oxygen atoms in total. The number of carbonyl (C=O) groups excluding carboxylic acids is 1. The molecular weight excluding hydrogens is 380 g/mol. The van der Waals surface area contributed by atoms with Gasteiger partial charge in [-0.05, 0) is 49.6 Å². The lowest BCUT2D eigenvalue weighted by Gasteiger charge is -2.27. The molecule has 1 aliphatic rings. The molecule has 1 amide bonds. The maximum absolute atomic E-state index is 12.5. The molecule has 1 fully saturated rings. The molecule has 0 radical (unpaired) electrons. The monoisotopic (exact) mass is 406 g/mol. The van der Waals surface area contributed by atoms with Crippen molar-refractivity contribution < 1.29 is 9.00 Å². The summed E-state index contributed by atoms with van der Waals surface area (Å²) in [5.74, 6) is 1.18. The van der Waals surface area contributed by atoms with E-state index >= 15 is 0 Å². The molecule has 146 valence electrons. The fourth-order valence-corrected chi connectivity index (χ4v) is 4.57.